The van der Waals surface area contributed by atoms with Gasteiger partial charge in [0.15, 0.2) is 5.82 Å². The van der Waals surface area contributed by atoms with Gasteiger partial charge in [-0.3, -0.25) is 4.79 Å². The Labute approximate surface area is 180 Å². The van der Waals surface area contributed by atoms with Crippen LogP contribution < -0.4 is 20.3 Å². The molecule has 2 aliphatic heterocycles. The quantitative estimate of drug-likeness (QED) is 0.669. The summed E-state index contributed by atoms with van der Waals surface area (Å²) in [5.41, 5.74) is 3.31. The van der Waals surface area contributed by atoms with Gasteiger partial charge in [0, 0.05) is 24.5 Å². The predicted octanol–water partition coefficient (Wildman–Crippen LogP) is 3.42. The van der Waals surface area contributed by atoms with E-state index in [0.717, 1.165) is 55.1 Å². The van der Waals surface area contributed by atoms with Gasteiger partial charge in [-0.15, -0.1) is 0 Å². The summed E-state index contributed by atoms with van der Waals surface area (Å²) in [6.45, 7) is 2.78. The fourth-order valence-electron chi connectivity index (χ4n) is 4.24. The maximum Gasteiger partial charge on any atom is 0.247 e. The first kappa shape index (κ1) is 19.3. The number of nitrogens with zero attached hydrogens (tertiary/aromatic N) is 5. The van der Waals surface area contributed by atoms with Crippen molar-refractivity contribution in [1.82, 2.24) is 19.5 Å². The summed E-state index contributed by atoms with van der Waals surface area (Å²) in [6, 6.07) is 5.66. The van der Waals surface area contributed by atoms with Gasteiger partial charge in [0.2, 0.25) is 11.9 Å². The molecule has 0 saturated carbocycles. The van der Waals surface area contributed by atoms with Crippen LogP contribution in [0, 0.1) is 6.92 Å². The number of amides is 1. The largest absolute Gasteiger partial charge is 0.494 e. The van der Waals surface area contributed by atoms with Crippen LogP contribution in [-0.2, 0) is 4.79 Å². The van der Waals surface area contributed by atoms with Crippen LogP contribution in [0.2, 0.25) is 0 Å². The number of imidazole rings is 1. The number of aromatic nitrogens is 4. The summed E-state index contributed by atoms with van der Waals surface area (Å²) in [5, 5.41) is 6.23. The number of methoxy groups -OCH3 is 1. The average molecular weight is 419 g/mol. The first-order valence-electron chi connectivity index (χ1n) is 10.5. The third-order valence-electron chi connectivity index (χ3n) is 5.78. The van der Waals surface area contributed by atoms with E-state index in [2.05, 4.69) is 25.5 Å². The highest BCUT2D eigenvalue weighted by Crippen LogP contribution is 2.35. The van der Waals surface area contributed by atoms with Gasteiger partial charge in [-0.1, -0.05) is 12.8 Å². The molecule has 1 saturated heterocycles. The molecule has 5 rings (SSSR count). The molecule has 0 spiro atoms. The summed E-state index contributed by atoms with van der Waals surface area (Å²) in [4.78, 5) is 28.0. The van der Waals surface area contributed by atoms with Crippen LogP contribution in [0.25, 0.3) is 5.69 Å². The highest BCUT2D eigenvalue weighted by molar-refractivity contribution is 6.02. The fourth-order valence-corrected chi connectivity index (χ4v) is 4.24. The Morgan fingerprint density at radius 3 is 2.94 bits per heavy atom. The molecular formula is C22H25N7O2. The molecule has 9 nitrogen and oxygen atoms in total. The third-order valence-corrected chi connectivity index (χ3v) is 5.78. The Bertz CT molecular complexity index is 1130. The molecule has 0 radical (unpaired) electrons. The van der Waals surface area contributed by atoms with E-state index in [1.54, 1.807) is 19.6 Å². The van der Waals surface area contributed by atoms with E-state index in [1.165, 1.54) is 0 Å². The van der Waals surface area contributed by atoms with Gasteiger partial charge < -0.3 is 24.8 Å². The van der Waals surface area contributed by atoms with Crippen molar-refractivity contribution in [2.24, 2.45) is 0 Å². The topological polar surface area (TPSA) is 97.2 Å². The molecule has 0 bridgehead atoms. The van der Waals surface area contributed by atoms with Crippen molar-refractivity contribution in [3.63, 3.8) is 0 Å². The summed E-state index contributed by atoms with van der Waals surface area (Å²) in [5.74, 6) is 2.00. The van der Waals surface area contributed by atoms with E-state index >= 15 is 0 Å². The number of hydrogen-bond donors (Lipinski definition) is 2. The van der Waals surface area contributed by atoms with Crippen molar-refractivity contribution in [2.45, 2.75) is 38.6 Å². The zero-order valence-electron chi connectivity index (χ0n) is 17.6. The zero-order valence-corrected chi connectivity index (χ0v) is 17.6. The predicted molar refractivity (Wildman–Crippen MR) is 118 cm³/mol. The maximum absolute atomic E-state index is 12.5. The van der Waals surface area contributed by atoms with Crippen LogP contribution in [0.3, 0.4) is 0 Å². The number of rotatable bonds is 4. The monoisotopic (exact) mass is 419 g/mol. The van der Waals surface area contributed by atoms with E-state index in [1.807, 2.05) is 35.9 Å². The summed E-state index contributed by atoms with van der Waals surface area (Å²) in [7, 11) is 1.64. The Morgan fingerprint density at radius 2 is 2.13 bits per heavy atom. The average Bonchev–Trinajstić information content (AvgIpc) is 3.05. The Hall–Kier alpha value is -3.62. The van der Waals surface area contributed by atoms with Gasteiger partial charge in [-0.2, -0.15) is 4.98 Å². The minimum atomic E-state index is -0.157. The molecule has 1 amide bonds. The van der Waals surface area contributed by atoms with Gasteiger partial charge in [0.25, 0.3) is 0 Å². The molecule has 160 valence electrons. The molecule has 1 aromatic carbocycles. The summed E-state index contributed by atoms with van der Waals surface area (Å²) in [6.07, 6.45) is 9.48. The Kier molecular flexibility index (Phi) is 4.93. The summed E-state index contributed by atoms with van der Waals surface area (Å²) >= 11 is 0. The molecule has 2 aliphatic rings. The van der Waals surface area contributed by atoms with Crippen molar-refractivity contribution in [1.29, 1.82) is 0 Å². The smallest absolute Gasteiger partial charge is 0.247 e. The molecule has 9 heteroatoms. The SMILES string of the molecule is COc1cc(Nc2ncc3c(n2)N2CCCCCC2C(=O)N3)ccc1-n1cnc(C)c1. The number of benzene rings is 1. The number of carbonyl (C=O) groups excluding carboxylic acids is 1. The van der Waals surface area contributed by atoms with Gasteiger partial charge in [-0.05, 0) is 31.9 Å². The number of carbonyl (C=O) groups is 1. The van der Waals surface area contributed by atoms with Crippen molar-refractivity contribution < 1.29 is 9.53 Å². The molecule has 1 fully saturated rings. The fraction of sp³-hybridized carbons (Fsp3) is 0.364. The first-order valence-corrected chi connectivity index (χ1v) is 10.5. The van der Waals surface area contributed by atoms with E-state index in [0.29, 0.717) is 17.4 Å². The van der Waals surface area contributed by atoms with Gasteiger partial charge >= 0.3 is 0 Å². The number of aryl methyl sites for hydroxylation is 1. The molecule has 2 aromatic heterocycles. The van der Waals surface area contributed by atoms with E-state index in [9.17, 15) is 4.79 Å². The van der Waals surface area contributed by atoms with Gasteiger partial charge in [0.05, 0.1) is 31.0 Å². The minimum absolute atomic E-state index is 0.0359. The lowest BCUT2D eigenvalue weighted by Gasteiger charge is -2.35. The second kappa shape index (κ2) is 7.90. The van der Waals surface area contributed by atoms with Crippen LogP contribution in [0.4, 0.5) is 23.1 Å². The number of anilines is 4. The maximum atomic E-state index is 12.5. The lowest BCUT2D eigenvalue weighted by atomic mass is 10.1. The number of hydrogen-bond acceptors (Lipinski definition) is 7. The minimum Gasteiger partial charge on any atom is -0.494 e. The first-order chi connectivity index (χ1) is 15.1. The highest BCUT2D eigenvalue weighted by Gasteiger charge is 2.35. The molecule has 1 atom stereocenters. The van der Waals surface area contributed by atoms with Crippen molar-refractivity contribution in [3.8, 4) is 11.4 Å². The number of nitrogens with one attached hydrogen (secondary N) is 2. The van der Waals surface area contributed by atoms with Crippen LogP contribution >= 0.6 is 0 Å². The summed E-state index contributed by atoms with van der Waals surface area (Å²) < 4.78 is 7.52. The molecular weight excluding hydrogens is 394 g/mol. The van der Waals surface area contributed by atoms with Crippen LogP contribution in [0.5, 0.6) is 5.75 Å². The second-order valence-electron chi connectivity index (χ2n) is 7.91. The normalized spacial score (nSPS) is 17.9. The second-order valence-corrected chi connectivity index (χ2v) is 7.91. The zero-order chi connectivity index (χ0) is 21.4. The molecule has 4 heterocycles. The highest BCUT2D eigenvalue weighted by atomic mass is 16.5. The van der Waals surface area contributed by atoms with Crippen molar-refractivity contribution >= 4 is 29.0 Å². The van der Waals surface area contributed by atoms with Crippen molar-refractivity contribution in [3.05, 3.63) is 42.6 Å². The Morgan fingerprint density at radius 1 is 1.23 bits per heavy atom. The standard InChI is InChI=1S/C22H25N7O2/c1-14-12-28(13-24-14)17-8-7-15(10-19(17)31-2)25-22-23-11-16-20(27-22)29-9-5-3-4-6-18(29)21(30)26-16/h7-8,10-13,18H,3-6,9H2,1-2H3,(H,26,30)(H,23,25,27). The van der Waals surface area contributed by atoms with Gasteiger partial charge in [0.1, 0.15) is 17.5 Å². The van der Waals surface area contributed by atoms with E-state index < -0.39 is 0 Å². The van der Waals surface area contributed by atoms with Crippen LogP contribution in [0.15, 0.2) is 36.9 Å². The number of ether oxygens (including phenoxy) is 1. The molecule has 3 aromatic rings. The van der Waals surface area contributed by atoms with Crippen molar-refractivity contribution in [2.75, 3.05) is 29.2 Å². The lowest BCUT2D eigenvalue weighted by Crippen LogP contribution is -2.48. The van der Waals surface area contributed by atoms with E-state index in [-0.39, 0.29) is 11.9 Å². The molecule has 2 N–H and O–H groups in total. The van der Waals surface area contributed by atoms with Crippen LogP contribution in [0.1, 0.15) is 31.4 Å². The molecule has 1 unspecified atom stereocenters. The third kappa shape index (κ3) is 3.67. The number of fused-ring (bicyclic) bond motifs is 3. The van der Waals surface area contributed by atoms with Crippen LogP contribution in [-0.4, -0.2) is 45.1 Å². The lowest BCUT2D eigenvalue weighted by molar-refractivity contribution is -0.117. The molecule has 31 heavy (non-hydrogen) atoms. The molecule has 0 aliphatic carbocycles. The van der Waals surface area contributed by atoms with E-state index in [4.69, 9.17) is 9.72 Å². The van der Waals surface area contributed by atoms with Gasteiger partial charge in [-0.25, -0.2) is 9.97 Å². The Balaban J connectivity index is 1.43.